The number of likely N-dealkylation sites (tertiary alicyclic amines) is 2. The highest BCUT2D eigenvalue weighted by atomic mass is 16.2. The maximum absolute atomic E-state index is 12.6. The molecule has 2 fully saturated rings. The van der Waals surface area contributed by atoms with Crippen molar-refractivity contribution in [3.8, 4) is 0 Å². The van der Waals surface area contributed by atoms with Gasteiger partial charge in [0.05, 0.1) is 0 Å². The standard InChI is InChI=1S/C16H28N2O2/c1-3-13-9-5-7-11-17(13)15(19)16(20)18-12-8-6-10-14(18)4-2/h13-14H,3-12H2,1-2H3. The van der Waals surface area contributed by atoms with Crippen molar-refractivity contribution in [3.63, 3.8) is 0 Å². The van der Waals surface area contributed by atoms with Crippen LogP contribution in [0.4, 0.5) is 0 Å². The molecule has 114 valence electrons. The van der Waals surface area contributed by atoms with Gasteiger partial charge in [-0.3, -0.25) is 9.59 Å². The lowest BCUT2D eigenvalue weighted by molar-refractivity contribution is -0.156. The maximum atomic E-state index is 12.6. The highest BCUT2D eigenvalue weighted by molar-refractivity contribution is 6.35. The highest BCUT2D eigenvalue weighted by Gasteiger charge is 2.35. The van der Waals surface area contributed by atoms with E-state index < -0.39 is 0 Å². The van der Waals surface area contributed by atoms with Crippen LogP contribution in [-0.4, -0.2) is 46.8 Å². The number of carbonyl (C=O) groups is 2. The molecule has 2 heterocycles. The van der Waals surface area contributed by atoms with Crippen LogP contribution in [0.15, 0.2) is 0 Å². The van der Waals surface area contributed by atoms with E-state index in [2.05, 4.69) is 13.8 Å². The average molecular weight is 280 g/mol. The van der Waals surface area contributed by atoms with Gasteiger partial charge in [0, 0.05) is 25.2 Å². The van der Waals surface area contributed by atoms with Crippen LogP contribution in [0.1, 0.15) is 65.2 Å². The zero-order valence-electron chi connectivity index (χ0n) is 12.9. The van der Waals surface area contributed by atoms with Gasteiger partial charge in [0.15, 0.2) is 0 Å². The van der Waals surface area contributed by atoms with Gasteiger partial charge in [0.1, 0.15) is 0 Å². The molecule has 2 aliphatic heterocycles. The third kappa shape index (κ3) is 3.15. The lowest BCUT2D eigenvalue weighted by Crippen LogP contribution is -2.54. The zero-order chi connectivity index (χ0) is 14.5. The molecule has 0 saturated carbocycles. The van der Waals surface area contributed by atoms with Crippen molar-refractivity contribution in [1.82, 2.24) is 9.80 Å². The Hall–Kier alpha value is -1.06. The van der Waals surface area contributed by atoms with E-state index in [0.29, 0.717) is 0 Å². The molecule has 0 spiro atoms. The van der Waals surface area contributed by atoms with E-state index in [9.17, 15) is 9.59 Å². The van der Waals surface area contributed by atoms with E-state index in [-0.39, 0.29) is 23.9 Å². The summed E-state index contributed by atoms with van der Waals surface area (Å²) < 4.78 is 0. The summed E-state index contributed by atoms with van der Waals surface area (Å²) in [7, 11) is 0. The van der Waals surface area contributed by atoms with Gasteiger partial charge in [0.25, 0.3) is 0 Å². The van der Waals surface area contributed by atoms with E-state index in [1.54, 1.807) is 0 Å². The van der Waals surface area contributed by atoms with E-state index in [1.165, 1.54) is 12.8 Å². The van der Waals surface area contributed by atoms with Gasteiger partial charge >= 0.3 is 11.8 Å². The Morgan fingerprint density at radius 2 is 1.20 bits per heavy atom. The largest absolute Gasteiger partial charge is 0.331 e. The smallest absolute Gasteiger partial charge is 0.312 e. The molecule has 20 heavy (non-hydrogen) atoms. The van der Waals surface area contributed by atoms with Crippen molar-refractivity contribution in [2.45, 2.75) is 77.3 Å². The van der Waals surface area contributed by atoms with Gasteiger partial charge in [0.2, 0.25) is 0 Å². The van der Waals surface area contributed by atoms with Gasteiger partial charge in [-0.1, -0.05) is 13.8 Å². The minimum Gasteiger partial charge on any atom is -0.331 e. The second kappa shape index (κ2) is 7.09. The van der Waals surface area contributed by atoms with E-state index in [0.717, 1.165) is 51.6 Å². The Bertz CT molecular complexity index is 322. The molecule has 0 aromatic heterocycles. The van der Waals surface area contributed by atoms with Gasteiger partial charge in [-0.2, -0.15) is 0 Å². The number of hydrogen-bond donors (Lipinski definition) is 0. The molecule has 0 aromatic carbocycles. The Labute approximate surface area is 122 Å². The highest BCUT2D eigenvalue weighted by Crippen LogP contribution is 2.23. The van der Waals surface area contributed by atoms with Gasteiger partial charge in [-0.05, 0) is 51.4 Å². The Balaban J connectivity index is 2.04. The predicted octanol–water partition coefficient (Wildman–Crippen LogP) is 2.57. The third-order valence-electron chi connectivity index (χ3n) is 4.90. The molecule has 0 aromatic rings. The normalized spacial score (nSPS) is 27.5. The zero-order valence-corrected chi connectivity index (χ0v) is 12.9. The summed E-state index contributed by atoms with van der Waals surface area (Å²) in [5.74, 6) is -0.506. The Kier molecular flexibility index (Phi) is 5.44. The van der Waals surface area contributed by atoms with Crippen LogP contribution in [-0.2, 0) is 9.59 Å². The van der Waals surface area contributed by atoms with Crippen LogP contribution in [0.3, 0.4) is 0 Å². The molecule has 2 unspecified atom stereocenters. The van der Waals surface area contributed by atoms with E-state index in [1.807, 2.05) is 9.80 Å². The molecule has 2 rings (SSSR count). The molecular weight excluding hydrogens is 252 g/mol. The minimum atomic E-state index is -0.253. The molecule has 2 aliphatic rings. The number of amides is 2. The summed E-state index contributed by atoms with van der Waals surface area (Å²) in [5, 5.41) is 0. The van der Waals surface area contributed by atoms with Crippen LogP contribution < -0.4 is 0 Å². The number of hydrogen-bond acceptors (Lipinski definition) is 2. The molecule has 0 aliphatic carbocycles. The molecule has 0 radical (unpaired) electrons. The van der Waals surface area contributed by atoms with Crippen LogP contribution in [0, 0.1) is 0 Å². The number of rotatable bonds is 2. The van der Waals surface area contributed by atoms with E-state index in [4.69, 9.17) is 0 Å². The number of carbonyl (C=O) groups excluding carboxylic acids is 2. The maximum Gasteiger partial charge on any atom is 0.312 e. The topological polar surface area (TPSA) is 40.6 Å². The second-order valence-electron chi connectivity index (χ2n) is 6.11. The summed E-state index contributed by atoms with van der Waals surface area (Å²) in [5.41, 5.74) is 0. The summed E-state index contributed by atoms with van der Waals surface area (Å²) in [4.78, 5) is 28.8. The molecule has 4 nitrogen and oxygen atoms in total. The van der Waals surface area contributed by atoms with Crippen molar-refractivity contribution >= 4 is 11.8 Å². The molecular formula is C16H28N2O2. The fraction of sp³-hybridized carbons (Fsp3) is 0.875. The first-order valence-electron chi connectivity index (χ1n) is 8.30. The molecule has 0 N–H and O–H groups in total. The first-order chi connectivity index (χ1) is 9.69. The summed E-state index contributed by atoms with van der Waals surface area (Å²) in [6.07, 6.45) is 8.43. The molecule has 2 atom stereocenters. The van der Waals surface area contributed by atoms with Gasteiger partial charge < -0.3 is 9.80 Å². The predicted molar refractivity (Wildman–Crippen MR) is 79.3 cm³/mol. The quantitative estimate of drug-likeness (QED) is 0.729. The van der Waals surface area contributed by atoms with Crippen molar-refractivity contribution in [2.75, 3.05) is 13.1 Å². The average Bonchev–Trinajstić information content (AvgIpc) is 2.53. The lowest BCUT2D eigenvalue weighted by Gasteiger charge is -2.39. The van der Waals surface area contributed by atoms with Crippen LogP contribution in [0.25, 0.3) is 0 Å². The molecule has 2 amide bonds. The fourth-order valence-corrected chi connectivity index (χ4v) is 3.63. The fourth-order valence-electron chi connectivity index (χ4n) is 3.63. The van der Waals surface area contributed by atoms with Crippen molar-refractivity contribution in [2.24, 2.45) is 0 Å². The molecule has 0 bridgehead atoms. The van der Waals surface area contributed by atoms with Crippen molar-refractivity contribution in [3.05, 3.63) is 0 Å². The number of piperidine rings is 2. The van der Waals surface area contributed by atoms with Crippen LogP contribution in [0.5, 0.6) is 0 Å². The van der Waals surface area contributed by atoms with E-state index >= 15 is 0 Å². The summed E-state index contributed by atoms with van der Waals surface area (Å²) >= 11 is 0. The number of nitrogens with zero attached hydrogens (tertiary/aromatic N) is 2. The Morgan fingerprint density at radius 1 is 0.800 bits per heavy atom. The monoisotopic (exact) mass is 280 g/mol. The SMILES string of the molecule is CCC1CCCCN1C(=O)C(=O)N1CCCCC1CC. The first kappa shape index (κ1) is 15.3. The molecule has 2 saturated heterocycles. The Morgan fingerprint density at radius 3 is 1.55 bits per heavy atom. The minimum absolute atomic E-state index is 0.253. The lowest BCUT2D eigenvalue weighted by atomic mass is 9.98. The van der Waals surface area contributed by atoms with Gasteiger partial charge in [-0.15, -0.1) is 0 Å². The van der Waals surface area contributed by atoms with Crippen molar-refractivity contribution < 1.29 is 9.59 Å². The summed E-state index contributed by atoms with van der Waals surface area (Å²) in [6, 6.07) is 0.537. The van der Waals surface area contributed by atoms with Crippen molar-refractivity contribution in [1.29, 1.82) is 0 Å². The third-order valence-corrected chi connectivity index (χ3v) is 4.90. The molecule has 4 heteroatoms. The second-order valence-corrected chi connectivity index (χ2v) is 6.11. The first-order valence-corrected chi connectivity index (χ1v) is 8.30. The summed E-state index contributed by atoms with van der Waals surface area (Å²) in [6.45, 7) is 5.73. The van der Waals surface area contributed by atoms with Crippen LogP contribution in [0.2, 0.25) is 0 Å². The van der Waals surface area contributed by atoms with Gasteiger partial charge in [-0.25, -0.2) is 0 Å². The van der Waals surface area contributed by atoms with Crippen LogP contribution >= 0.6 is 0 Å².